The van der Waals surface area contributed by atoms with Crippen LogP contribution < -0.4 is 0 Å². The Morgan fingerprint density at radius 2 is 2.14 bits per heavy atom. The molecule has 7 nitrogen and oxygen atoms in total. The van der Waals surface area contributed by atoms with Crippen molar-refractivity contribution < 1.29 is 22.3 Å². The van der Waals surface area contributed by atoms with Gasteiger partial charge in [-0.3, -0.25) is 4.90 Å². The fourth-order valence-electron chi connectivity index (χ4n) is 3.02. The second-order valence-corrected chi connectivity index (χ2v) is 7.95. The van der Waals surface area contributed by atoms with Crippen LogP contribution >= 0.6 is 0 Å². The van der Waals surface area contributed by atoms with Gasteiger partial charge < -0.3 is 13.9 Å². The molecule has 3 rings (SSSR count). The van der Waals surface area contributed by atoms with E-state index in [9.17, 15) is 8.42 Å². The number of hydrogen-bond donors (Lipinski definition) is 0. The van der Waals surface area contributed by atoms with Crippen LogP contribution in [0.4, 0.5) is 0 Å². The molecule has 2 aliphatic heterocycles. The number of ether oxygens (including phenoxy) is 2. The van der Waals surface area contributed by atoms with E-state index < -0.39 is 15.6 Å². The van der Waals surface area contributed by atoms with Crippen molar-refractivity contribution in [2.24, 2.45) is 0 Å². The van der Waals surface area contributed by atoms with E-state index in [1.165, 1.54) is 10.6 Å². The fraction of sp³-hybridized carbons (Fsp3) is 0.714. The van der Waals surface area contributed by atoms with Crippen LogP contribution in [0.25, 0.3) is 0 Å². The number of morpholine rings is 1. The van der Waals surface area contributed by atoms with Gasteiger partial charge in [0.15, 0.2) is 0 Å². The molecule has 1 atom stereocenters. The number of nitrogens with zero attached hydrogens (tertiary/aromatic N) is 2. The molecule has 0 aliphatic carbocycles. The summed E-state index contributed by atoms with van der Waals surface area (Å²) in [5.74, 6) is 0.895. The van der Waals surface area contributed by atoms with E-state index in [1.807, 2.05) is 12.1 Å². The highest BCUT2D eigenvalue weighted by Crippen LogP contribution is 2.24. The summed E-state index contributed by atoms with van der Waals surface area (Å²) >= 11 is 0. The molecular weight excluding hydrogens is 308 g/mol. The van der Waals surface area contributed by atoms with Crippen LogP contribution in [0.1, 0.15) is 5.76 Å². The third-order valence-corrected chi connectivity index (χ3v) is 5.32. The number of rotatable bonds is 3. The first-order valence-electron chi connectivity index (χ1n) is 7.38. The first-order valence-corrected chi connectivity index (χ1v) is 9.23. The summed E-state index contributed by atoms with van der Waals surface area (Å²) in [6.45, 7) is 4.19. The smallest absolute Gasteiger partial charge is 0.211 e. The van der Waals surface area contributed by atoms with Crippen molar-refractivity contribution in [3.63, 3.8) is 0 Å². The summed E-state index contributed by atoms with van der Waals surface area (Å²) in [4.78, 5) is 2.22. The van der Waals surface area contributed by atoms with Crippen molar-refractivity contribution >= 4 is 10.0 Å². The van der Waals surface area contributed by atoms with Gasteiger partial charge in [-0.25, -0.2) is 8.42 Å². The predicted molar refractivity (Wildman–Crippen MR) is 79.9 cm³/mol. The Morgan fingerprint density at radius 1 is 1.27 bits per heavy atom. The molecule has 2 saturated heterocycles. The second-order valence-electron chi connectivity index (χ2n) is 5.97. The number of hydrogen-bond acceptors (Lipinski definition) is 6. The van der Waals surface area contributed by atoms with Gasteiger partial charge >= 0.3 is 0 Å². The minimum atomic E-state index is -3.26. The second kappa shape index (κ2) is 6.29. The molecule has 22 heavy (non-hydrogen) atoms. The molecule has 8 heteroatoms. The van der Waals surface area contributed by atoms with Gasteiger partial charge in [0.25, 0.3) is 0 Å². The van der Waals surface area contributed by atoms with Crippen LogP contribution in [0.5, 0.6) is 0 Å². The summed E-state index contributed by atoms with van der Waals surface area (Å²) in [5.41, 5.74) is -0.607. The van der Waals surface area contributed by atoms with E-state index >= 15 is 0 Å². The van der Waals surface area contributed by atoms with Crippen LogP contribution in [0.2, 0.25) is 0 Å². The molecule has 0 unspecified atom stereocenters. The molecule has 0 N–H and O–H groups in total. The van der Waals surface area contributed by atoms with E-state index in [4.69, 9.17) is 13.9 Å². The van der Waals surface area contributed by atoms with E-state index in [0.29, 0.717) is 46.0 Å². The van der Waals surface area contributed by atoms with E-state index in [-0.39, 0.29) is 0 Å². The Morgan fingerprint density at radius 3 is 2.86 bits per heavy atom. The molecule has 0 bridgehead atoms. The molecule has 0 saturated carbocycles. The molecule has 2 aliphatic rings. The SMILES string of the molecule is CS(=O)(=O)N1CCOC[C@@]2(CN(Cc3ccco3)CCO2)C1. The van der Waals surface area contributed by atoms with Gasteiger partial charge in [0.2, 0.25) is 10.0 Å². The lowest BCUT2D eigenvalue weighted by Gasteiger charge is -2.42. The van der Waals surface area contributed by atoms with Crippen molar-refractivity contribution in [3.8, 4) is 0 Å². The summed E-state index contributed by atoms with van der Waals surface area (Å²) in [6, 6.07) is 3.81. The quantitative estimate of drug-likeness (QED) is 0.785. The highest BCUT2D eigenvalue weighted by Gasteiger charge is 2.42. The Labute approximate surface area is 130 Å². The molecule has 2 fully saturated rings. The van der Waals surface area contributed by atoms with Crippen LogP contribution in [0, 0.1) is 0 Å². The lowest BCUT2D eigenvalue weighted by molar-refractivity contribution is -0.140. The van der Waals surface area contributed by atoms with Gasteiger partial charge in [-0.2, -0.15) is 4.31 Å². The standard InChI is InChI=1S/C14H22N2O5S/c1-22(17,18)16-5-7-19-12-14(11-16)10-15(4-8-21-14)9-13-3-2-6-20-13/h2-3,6H,4-5,7-12H2,1H3/t14-/m1/s1. The molecule has 3 heterocycles. The first kappa shape index (κ1) is 15.9. The van der Waals surface area contributed by atoms with Gasteiger partial charge in [0, 0.05) is 26.2 Å². The normalized spacial score (nSPS) is 28.8. The van der Waals surface area contributed by atoms with Crippen LogP contribution in [-0.4, -0.2) is 75.5 Å². The topological polar surface area (TPSA) is 72.2 Å². The average molecular weight is 330 g/mol. The van der Waals surface area contributed by atoms with Gasteiger partial charge in [0.05, 0.1) is 38.9 Å². The lowest BCUT2D eigenvalue weighted by atomic mass is 10.0. The molecule has 0 aromatic carbocycles. The molecule has 1 spiro atoms. The summed E-state index contributed by atoms with van der Waals surface area (Å²) in [6.07, 6.45) is 2.89. The highest BCUT2D eigenvalue weighted by atomic mass is 32.2. The molecule has 124 valence electrons. The molecule has 0 amide bonds. The lowest BCUT2D eigenvalue weighted by Crippen LogP contribution is -2.58. The first-order chi connectivity index (χ1) is 10.5. The maximum absolute atomic E-state index is 11.9. The number of sulfonamides is 1. The Bertz CT molecular complexity index is 588. The Balaban J connectivity index is 1.72. The van der Waals surface area contributed by atoms with Crippen LogP contribution in [0.15, 0.2) is 22.8 Å². The summed E-state index contributed by atoms with van der Waals surface area (Å²) in [7, 11) is -3.26. The average Bonchev–Trinajstić information content (AvgIpc) is 2.86. The van der Waals surface area contributed by atoms with Crippen molar-refractivity contribution in [2.75, 3.05) is 52.3 Å². The zero-order chi connectivity index (χ0) is 15.6. The van der Waals surface area contributed by atoms with Gasteiger partial charge in [0.1, 0.15) is 11.4 Å². The number of furan rings is 1. The zero-order valence-corrected chi connectivity index (χ0v) is 13.5. The Hall–Kier alpha value is -0.930. The van der Waals surface area contributed by atoms with E-state index in [2.05, 4.69) is 4.90 Å². The highest BCUT2D eigenvalue weighted by molar-refractivity contribution is 7.88. The minimum absolute atomic E-state index is 0.334. The minimum Gasteiger partial charge on any atom is -0.468 e. The summed E-state index contributed by atoms with van der Waals surface area (Å²) in [5, 5.41) is 0. The summed E-state index contributed by atoms with van der Waals surface area (Å²) < 4.78 is 42.2. The van der Waals surface area contributed by atoms with Gasteiger partial charge in [-0.15, -0.1) is 0 Å². The van der Waals surface area contributed by atoms with Crippen LogP contribution in [-0.2, 0) is 26.0 Å². The third-order valence-electron chi connectivity index (χ3n) is 4.07. The third kappa shape index (κ3) is 3.69. The van der Waals surface area contributed by atoms with E-state index in [0.717, 1.165) is 12.3 Å². The molecule has 1 aromatic rings. The largest absolute Gasteiger partial charge is 0.468 e. The molecule has 0 radical (unpaired) electrons. The fourth-order valence-corrected chi connectivity index (χ4v) is 3.89. The maximum atomic E-state index is 11.9. The van der Waals surface area contributed by atoms with Crippen LogP contribution in [0.3, 0.4) is 0 Å². The van der Waals surface area contributed by atoms with E-state index in [1.54, 1.807) is 6.26 Å². The van der Waals surface area contributed by atoms with Crippen molar-refractivity contribution in [3.05, 3.63) is 24.2 Å². The zero-order valence-electron chi connectivity index (χ0n) is 12.7. The van der Waals surface area contributed by atoms with Crippen molar-refractivity contribution in [1.82, 2.24) is 9.21 Å². The Kier molecular flexibility index (Phi) is 4.56. The monoisotopic (exact) mass is 330 g/mol. The molecule has 1 aromatic heterocycles. The van der Waals surface area contributed by atoms with Gasteiger partial charge in [-0.1, -0.05) is 0 Å². The predicted octanol–water partition coefficient (Wildman–Crippen LogP) is 0.142. The van der Waals surface area contributed by atoms with Crippen molar-refractivity contribution in [2.45, 2.75) is 12.1 Å². The maximum Gasteiger partial charge on any atom is 0.211 e. The van der Waals surface area contributed by atoms with Crippen molar-refractivity contribution in [1.29, 1.82) is 0 Å². The van der Waals surface area contributed by atoms with Gasteiger partial charge in [-0.05, 0) is 12.1 Å². The molecular formula is C14H22N2O5S.